The second-order valence-electron chi connectivity index (χ2n) is 1.20. The molecule has 0 atom stereocenters. The molecule has 58 valence electrons. The number of rotatable bonds is 1. The van der Waals surface area contributed by atoms with Gasteiger partial charge in [0.25, 0.3) is 5.89 Å². The van der Waals surface area contributed by atoms with Gasteiger partial charge in [-0.2, -0.15) is 0 Å². The quantitative estimate of drug-likeness (QED) is 0.696. The SMILES string of the molecule is Cl.Cl.NC(=O)c1ncco1. The predicted octanol–water partition coefficient (Wildman–Crippen LogP) is 0.617. The van der Waals surface area contributed by atoms with E-state index in [4.69, 9.17) is 5.73 Å². The molecule has 0 fully saturated rings. The van der Waals surface area contributed by atoms with E-state index in [1.54, 1.807) is 0 Å². The van der Waals surface area contributed by atoms with E-state index in [1.807, 2.05) is 0 Å². The first kappa shape index (κ1) is 12.0. The topological polar surface area (TPSA) is 69.1 Å². The summed E-state index contributed by atoms with van der Waals surface area (Å²) in [5.41, 5.74) is 4.76. The minimum Gasteiger partial charge on any atom is -0.441 e. The average Bonchev–Trinajstić information content (AvgIpc) is 2.12. The maximum atomic E-state index is 10.1. The van der Waals surface area contributed by atoms with Crippen LogP contribution in [0.1, 0.15) is 10.7 Å². The van der Waals surface area contributed by atoms with E-state index in [0.29, 0.717) is 0 Å². The van der Waals surface area contributed by atoms with Crippen molar-refractivity contribution in [2.24, 2.45) is 5.73 Å². The molecule has 2 N–H and O–H groups in total. The zero-order valence-electron chi connectivity index (χ0n) is 4.81. The molecule has 1 aromatic heterocycles. The molecule has 6 heteroatoms. The Morgan fingerprint density at radius 2 is 2.20 bits per heavy atom. The molecule has 0 unspecified atom stereocenters. The first-order chi connectivity index (χ1) is 3.80. The van der Waals surface area contributed by atoms with Gasteiger partial charge in [0.15, 0.2) is 0 Å². The summed E-state index contributed by atoms with van der Waals surface area (Å²) in [6.07, 6.45) is 2.65. The molecule has 0 radical (unpaired) electrons. The number of hydrogen-bond donors (Lipinski definition) is 1. The Morgan fingerprint density at radius 1 is 1.60 bits per heavy atom. The average molecular weight is 185 g/mol. The van der Waals surface area contributed by atoms with E-state index in [-0.39, 0.29) is 30.7 Å². The minimum atomic E-state index is -0.644. The third-order valence-corrected chi connectivity index (χ3v) is 0.643. The van der Waals surface area contributed by atoms with E-state index in [0.717, 1.165) is 0 Å². The van der Waals surface area contributed by atoms with Crippen molar-refractivity contribution in [2.45, 2.75) is 0 Å². The maximum absolute atomic E-state index is 10.1. The van der Waals surface area contributed by atoms with Gasteiger partial charge in [-0.15, -0.1) is 24.8 Å². The van der Waals surface area contributed by atoms with Crippen LogP contribution in [0.5, 0.6) is 0 Å². The molecule has 0 aliphatic rings. The molecule has 0 bridgehead atoms. The Balaban J connectivity index is 0. The third kappa shape index (κ3) is 2.70. The number of nitrogens with two attached hydrogens (primary N) is 1. The predicted molar refractivity (Wildman–Crippen MR) is 39.5 cm³/mol. The molecule has 0 saturated heterocycles. The smallest absolute Gasteiger partial charge is 0.304 e. The molecule has 10 heavy (non-hydrogen) atoms. The fourth-order valence-electron chi connectivity index (χ4n) is 0.345. The van der Waals surface area contributed by atoms with Crippen molar-refractivity contribution in [3.63, 3.8) is 0 Å². The molecular weight excluding hydrogens is 179 g/mol. The molecule has 1 rings (SSSR count). The zero-order chi connectivity index (χ0) is 5.98. The number of hydrogen-bond acceptors (Lipinski definition) is 3. The van der Waals surface area contributed by atoms with Gasteiger partial charge in [-0.05, 0) is 0 Å². The molecule has 4 nitrogen and oxygen atoms in total. The monoisotopic (exact) mass is 184 g/mol. The van der Waals surface area contributed by atoms with Crippen molar-refractivity contribution >= 4 is 30.7 Å². The molecule has 0 aliphatic heterocycles. The largest absolute Gasteiger partial charge is 0.441 e. The van der Waals surface area contributed by atoms with Crippen LogP contribution in [0.15, 0.2) is 16.9 Å². The van der Waals surface area contributed by atoms with Gasteiger partial charge in [0.1, 0.15) is 6.26 Å². The van der Waals surface area contributed by atoms with Gasteiger partial charge in [-0.3, -0.25) is 4.79 Å². The summed E-state index contributed by atoms with van der Waals surface area (Å²) in [5.74, 6) is -0.694. The van der Waals surface area contributed by atoms with Gasteiger partial charge in [0.2, 0.25) is 0 Å². The first-order valence-corrected chi connectivity index (χ1v) is 2.00. The molecule has 0 aromatic carbocycles. The summed E-state index contributed by atoms with van der Waals surface area (Å²) < 4.78 is 4.51. The number of oxazole rings is 1. The third-order valence-electron chi connectivity index (χ3n) is 0.643. The number of nitrogens with zero attached hydrogens (tertiary/aromatic N) is 1. The lowest BCUT2D eigenvalue weighted by Crippen LogP contribution is -2.10. The van der Waals surface area contributed by atoms with E-state index >= 15 is 0 Å². The maximum Gasteiger partial charge on any atom is 0.304 e. The lowest BCUT2D eigenvalue weighted by Gasteiger charge is -1.78. The normalized spacial score (nSPS) is 7.20. The second kappa shape index (κ2) is 5.08. The minimum absolute atomic E-state index is 0. The summed E-state index contributed by atoms with van der Waals surface area (Å²) in [6, 6.07) is 0. The fraction of sp³-hybridized carbons (Fsp3) is 0. The highest BCUT2D eigenvalue weighted by molar-refractivity contribution is 5.87. The molecule has 1 amide bonds. The Kier molecular flexibility index (Phi) is 6.09. The Bertz CT molecular complexity index is 187. The molecule has 0 aliphatic carbocycles. The van der Waals surface area contributed by atoms with Gasteiger partial charge in [-0.25, -0.2) is 4.98 Å². The lowest BCUT2D eigenvalue weighted by molar-refractivity contribution is 0.0967. The van der Waals surface area contributed by atoms with Crippen LogP contribution in [0.3, 0.4) is 0 Å². The molecule has 1 heterocycles. The van der Waals surface area contributed by atoms with Crippen molar-refractivity contribution in [1.82, 2.24) is 4.98 Å². The number of aromatic nitrogens is 1. The van der Waals surface area contributed by atoms with Crippen LogP contribution in [-0.2, 0) is 0 Å². The summed E-state index contributed by atoms with van der Waals surface area (Å²) in [5, 5.41) is 0. The van der Waals surface area contributed by atoms with Gasteiger partial charge >= 0.3 is 5.91 Å². The van der Waals surface area contributed by atoms with Crippen LogP contribution < -0.4 is 5.73 Å². The highest BCUT2D eigenvalue weighted by Crippen LogP contribution is 1.89. The Labute approximate surface area is 69.6 Å². The van der Waals surface area contributed by atoms with Crippen LogP contribution >= 0.6 is 24.8 Å². The summed E-state index contributed by atoms with van der Waals surface area (Å²) >= 11 is 0. The van der Waals surface area contributed by atoms with Gasteiger partial charge in [0, 0.05) is 0 Å². The van der Waals surface area contributed by atoms with Crippen LogP contribution in [0.25, 0.3) is 0 Å². The van der Waals surface area contributed by atoms with Crippen LogP contribution in [0, 0.1) is 0 Å². The fourth-order valence-corrected chi connectivity index (χ4v) is 0.345. The van der Waals surface area contributed by atoms with Crippen LogP contribution in [0.4, 0.5) is 0 Å². The van der Waals surface area contributed by atoms with Crippen LogP contribution in [-0.4, -0.2) is 10.9 Å². The van der Waals surface area contributed by atoms with Gasteiger partial charge in [-0.1, -0.05) is 0 Å². The van der Waals surface area contributed by atoms with Crippen molar-refractivity contribution in [3.05, 3.63) is 18.4 Å². The lowest BCUT2D eigenvalue weighted by atomic mass is 10.6. The number of primary amides is 1. The standard InChI is InChI=1S/C4H4N2O2.2ClH/c5-3(7)4-6-1-2-8-4;;/h1-2H,(H2,5,7);2*1H. The van der Waals surface area contributed by atoms with E-state index in [1.165, 1.54) is 12.5 Å². The van der Waals surface area contributed by atoms with Crippen molar-refractivity contribution in [2.75, 3.05) is 0 Å². The number of carbonyl (C=O) groups is 1. The summed E-state index contributed by atoms with van der Waals surface area (Å²) in [4.78, 5) is 13.6. The highest BCUT2D eigenvalue weighted by atomic mass is 35.5. The number of amides is 1. The Hall–Kier alpha value is -0.740. The highest BCUT2D eigenvalue weighted by Gasteiger charge is 2.01. The molecule has 1 aromatic rings. The second-order valence-corrected chi connectivity index (χ2v) is 1.20. The van der Waals surface area contributed by atoms with Crippen molar-refractivity contribution in [3.8, 4) is 0 Å². The van der Waals surface area contributed by atoms with E-state index < -0.39 is 5.91 Å². The van der Waals surface area contributed by atoms with E-state index in [9.17, 15) is 4.79 Å². The number of carbonyl (C=O) groups excluding carboxylic acids is 1. The first-order valence-electron chi connectivity index (χ1n) is 2.00. The van der Waals surface area contributed by atoms with E-state index in [2.05, 4.69) is 9.40 Å². The summed E-state index contributed by atoms with van der Waals surface area (Å²) in [7, 11) is 0. The van der Waals surface area contributed by atoms with Crippen molar-refractivity contribution in [1.29, 1.82) is 0 Å². The van der Waals surface area contributed by atoms with Crippen LogP contribution in [0.2, 0.25) is 0 Å². The zero-order valence-corrected chi connectivity index (χ0v) is 6.45. The Morgan fingerprint density at radius 3 is 2.40 bits per heavy atom. The van der Waals surface area contributed by atoms with Gasteiger partial charge in [0.05, 0.1) is 6.20 Å². The molecule has 0 spiro atoms. The van der Waals surface area contributed by atoms with Gasteiger partial charge < -0.3 is 10.2 Å². The summed E-state index contributed by atoms with van der Waals surface area (Å²) in [6.45, 7) is 0. The number of halogens is 2. The molecule has 0 saturated carbocycles. The molecular formula is C4H6Cl2N2O2. The van der Waals surface area contributed by atoms with Crippen molar-refractivity contribution < 1.29 is 9.21 Å².